The SMILES string of the molecule is Cc1cc(C)c2c(c1)sc(=NC(=O)c1cccc(Cl)c1)n2C. The van der Waals surface area contributed by atoms with Crippen LogP contribution in [0.4, 0.5) is 0 Å². The van der Waals surface area contributed by atoms with Crippen molar-refractivity contribution in [3.63, 3.8) is 0 Å². The number of hydrogen-bond acceptors (Lipinski definition) is 2. The lowest BCUT2D eigenvalue weighted by Gasteiger charge is -2.01. The van der Waals surface area contributed by atoms with E-state index in [1.165, 1.54) is 22.5 Å². The number of carbonyl (C=O) groups is 1. The van der Waals surface area contributed by atoms with Crippen molar-refractivity contribution in [3.05, 3.63) is 62.9 Å². The number of carbonyl (C=O) groups excluding carboxylic acids is 1. The van der Waals surface area contributed by atoms with Crippen molar-refractivity contribution in [2.75, 3.05) is 0 Å². The minimum Gasteiger partial charge on any atom is -0.319 e. The fraction of sp³-hybridized carbons (Fsp3) is 0.176. The van der Waals surface area contributed by atoms with Gasteiger partial charge in [0.2, 0.25) is 0 Å². The summed E-state index contributed by atoms with van der Waals surface area (Å²) in [6, 6.07) is 11.1. The molecule has 0 N–H and O–H groups in total. The maximum Gasteiger partial charge on any atom is 0.279 e. The van der Waals surface area contributed by atoms with Gasteiger partial charge in [-0.2, -0.15) is 4.99 Å². The smallest absolute Gasteiger partial charge is 0.279 e. The van der Waals surface area contributed by atoms with Gasteiger partial charge in [-0.05, 0) is 49.2 Å². The number of thiazole rings is 1. The second-order valence-corrected chi connectivity index (χ2v) is 6.75. The van der Waals surface area contributed by atoms with Crippen LogP contribution < -0.4 is 4.80 Å². The monoisotopic (exact) mass is 330 g/mol. The number of benzene rings is 2. The molecule has 112 valence electrons. The molecule has 5 heteroatoms. The van der Waals surface area contributed by atoms with Gasteiger partial charge in [0.1, 0.15) is 0 Å². The molecule has 0 aliphatic carbocycles. The third-order valence-electron chi connectivity index (χ3n) is 3.50. The maximum absolute atomic E-state index is 12.3. The molecule has 0 unspecified atom stereocenters. The summed E-state index contributed by atoms with van der Waals surface area (Å²) >= 11 is 7.45. The molecule has 22 heavy (non-hydrogen) atoms. The summed E-state index contributed by atoms with van der Waals surface area (Å²) in [6.07, 6.45) is 0. The number of nitrogens with zero attached hydrogens (tertiary/aromatic N) is 2. The number of amides is 1. The molecule has 0 saturated heterocycles. The second-order valence-electron chi connectivity index (χ2n) is 5.30. The highest BCUT2D eigenvalue weighted by Gasteiger charge is 2.09. The number of aromatic nitrogens is 1. The van der Waals surface area contributed by atoms with E-state index in [0.29, 0.717) is 15.4 Å². The zero-order valence-electron chi connectivity index (χ0n) is 12.6. The topological polar surface area (TPSA) is 34.4 Å². The highest BCUT2D eigenvalue weighted by molar-refractivity contribution is 7.16. The van der Waals surface area contributed by atoms with Gasteiger partial charge in [-0.15, -0.1) is 0 Å². The minimum absolute atomic E-state index is 0.279. The van der Waals surface area contributed by atoms with Gasteiger partial charge in [0.25, 0.3) is 5.91 Å². The van der Waals surface area contributed by atoms with Crippen LogP contribution >= 0.6 is 22.9 Å². The van der Waals surface area contributed by atoms with Crippen LogP contribution in [0.5, 0.6) is 0 Å². The molecule has 1 amide bonds. The van der Waals surface area contributed by atoms with Gasteiger partial charge >= 0.3 is 0 Å². The fourth-order valence-electron chi connectivity index (χ4n) is 2.56. The van der Waals surface area contributed by atoms with Gasteiger partial charge in [0.15, 0.2) is 4.80 Å². The van der Waals surface area contributed by atoms with Gasteiger partial charge in [0.05, 0.1) is 10.2 Å². The first-order valence-electron chi connectivity index (χ1n) is 6.87. The number of halogens is 1. The number of rotatable bonds is 1. The first-order valence-corrected chi connectivity index (χ1v) is 8.06. The first kappa shape index (κ1) is 15.0. The van der Waals surface area contributed by atoms with Gasteiger partial charge in [-0.3, -0.25) is 4.79 Å². The quantitative estimate of drug-likeness (QED) is 0.656. The van der Waals surface area contributed by atoms with Crippen LogP contribution in [-0.4, -0.2) is 10.5 Å². The van der Waals surface area contributed by atoms with Crippen molar-refractivity contribution < 1.29 is 4.79 Å². The van der Waals surface area contributed by atoms with Crippen LogP contribution in [0.1, 0.15) is 21.5 Å². The maximum atomic E-state index is 12.3. The summed E-state index contributed by atoms with van der Waals surface area (Å²) in [7, 11) is 1.94. The van der Waals surface area contributed by atoms with Crippen molar-refractivity contribution in [2.45, 2.75) is 13.8 Å². The summed E-state index contributed by atoms with van der Waals surface area (Å²) in [6.45, 7) is 4.14. The lowest BCUT2D eigenvalue weighted by atomic mass is 10.1. The summed E-state index contributed by atoms with van der Waals surface area (Å²) in [5, 5.41) is 0.535. The Morgan fingerprint density at radius 2 is 2.00 bits per heavy atom. The second kappa shape index (κ2) is 5.71. The molecule has 0 fully saturated rings. The Bertz CT molecular complexity index is 953. The van der Waals surface area contributed by atoms with Crippen molar-refractivity contribution >= 4 is 39.1 Å². The fourth-order valence-corrected chi connectivity index (χ4v) is 3.94. The van der Waals surface area contributed by atoms with Crippen molar-refractivity contribution in [1.29, 1.82) is 0 Å². The number of fused-ring (bicyclic) bond motifs is 1. The molecule has 0 aliphatic rings. The van der Waals surface area contributed by atoms with E-state index >= 15 is 0 Å². The molecule has 0 saturated carbocycles. The largest absolute Gasteiger partial charge is 0.319 e. The summed E-state index contributed by atoms with van der Waals surface area (Å²) in [4.78, 5) is 17.3. The molecule has 0 radical (unpaired) electrons. The predicted octanol–water partition coefficient (Wildman–Crippen LogP) is 4.25. The molecule has 2 aromatic carbocycles. The molecule has 0 atom stereocenters. The predicted molar refractivity (Wildman–Crippen MR) is 91.6 cm³/mol. The van der Waals surface area contributed by atoms with E-state index in [0.717, 1.165) is 10.2 Å². The Morgan fingerprint density at radius 1 is 1.23 bits per heavy atom. The standard InChI is InChI=1S/C17H15ClN2OS/c1-10-7-11(2)15-14(8-10)22-17(20(15)3)19-16(21)12-5-4-6-13(18)9-12/h4-9H,1-3H3. The lowest BCUT2D eigenvalue weighted by molar-refractivity contribution is 0.0998. The third-order valence-corrected chi connectivity index (χ3v) is 4.82. The molecule has 3 aromatic rings. The molecule has 3 rings (SSSR count). The van der Waals surface area contributed by atoms with E-state index in [4.69, 9.17) is 11.6 Å². The molecule has 0 spiro atoms. The van der Waals surface area contributed by atoms with E-state index in [1.807, 2.05) is 11.6 Å². The van der Waals surface area contributed by atoms with E-state index in [2.05, 4.69) is 31.0 Å². The molecule has 0 aliphatic heterocycles. The van der Waals surface area contributed by atoms with Crippen LogP contribution in [0.15, 0.2) is 41.4 Å². The van der Waals surface area contributed by atoms with Crippen molar-refractivity contribution in [3.8, 4) is 0 Å². The number of aryl methyl sites for hydroxylation is 3. The van der Waals surface area contributed by atoms with Crippen LogP contribution in [0.2, 0.25) is 5.02 Å². The lowest BCUT2D eigenvalue weighted by Crippen LogP contribution is -2.13. The minimum atomic E-state index is -0.279. The average Bonchev–Trinajstić information content (AvgIpc) is 2.75. The Labute approximate surface area is 137 Å². The Hall–Kier alpha value is -1.91. The number of hydrogen-bond donors (Lipinski definition) is 0. The Morgan fingerprint density at radius 3 is 2.73 bits per heavy atom. The zero-order valence-corrected chi connectivity index (χ0v) is 14.1. The van der Waals surface area contributed by atoms with Gasteiger partial charge in [0, 0.05) is 17.6 Å². The Kier molecular flexibility index (Phi) is 3.89. The normalized spacial score (nSPS) is 12.1. The van der Waals surface area contributed by atoms with E-state index in [9.17, 15) is 4.79 Å². The van der Waals surface area contributed by atoms with E-state index in [1.54, 1.807) is 24.3 Å². The van der Waals surface area contributed by atoms with Gasteiger partial charge < -0.3 is 4.57 Å². The van der Waals surface area contributed by atoms with E-state index in [-0.39, 0.29) is 5.91 Å². The third kappa shape index (κ3) is 2.72. The molecular formula is C17H15ClN2OS. The van der Waals surface area contributed by atoms with Gasteiger partial charge in [-0.1, -0.05) is 35.1 Å². The zero-order chi connectivity index (χ0) is 15.9. The average molecular weight is 331 g/mol. The molecule has 1 aromatic heterocycles. The molecule has 1 heterocycles. The van der Waals surface area contributed by atoms with Crippen LogP contribution in [0, 0.1) is 13.8 Å². The van der Waals surface area contributed by atoms with Crippen LogP contribution in [-0.2, 0) is 7.05 Å². The van der Waals surface area contributed by atoms with Crippen LogP contribution in [0.25, 0.3) is 10.2 Å². The Balaban J connectivity index is 2.16. The molecule has 0 bridgehead atoms. The summed E-state index contributed by atoms with van der Waals surface area (Å²) < 4.78 is 3.11. The summed E-state index contributed by atoms with van der Waals surface area (Å²) in [5.74, 6) is -0.279. The van der Waals surface area contributed by atoms with Crippen molar-refractivity contribution in [1.82, 2.24) is 4.57 Å². The first-order chi connectivity index (χ1) is 10.5. The van der Waals surface area contributed by atoms with Crippen molar-refractivity contribution in [2.24, 2.45) is 12.0 Å². The highest BCUT2D eigenvalue weighted by Crippen LogP contribution is 2.22. The van der Waals surface area contributed by atoms with Crippen LogP contribution in [0.3, 0.4) is 0 Å². The summed E-state index contributed by atoms with van der Waals surface area (Å²) in [5.41, 5.74) is 4.01. The van der Waals surface area contributed by atoms with Gasteiger partial charge in [-0.25, -0.2) is 0 Å². The molecular weight excluding hydrogens is 316 g/mol. The van der Waals surface area contributed by atoms with E-state index < -0.39 is 0 Å². The highest BCUT2D eigenvalue weighted by atomic mass is 35.5. The molecule has 3 nitrogen and oxygen atoms in total.